The molecular formula is C16H22O. The van der Waals surface area contributed by atoms with Crippen LogP contribution in [-0.4, -0.2) is 5.78 Å². The fourth-order valence-corrected chi connectivity index (χ4v) is 1.94. The van der Waals surface area contributed by atoms with Gasteiger partial charge in [-0.3, -0.25) is 4.79 Å². The summed E-state index contributed by atoms with van der Waals surface area (Å²) in [5.74, 6) is 0.557. The molecule has 0 amide bonds. The molecule has 0 fully saturated rings. The zero-order valence-corrected chi connectivity index (χ0v) is 10.7. The number of benzene rings is 1. The summed E-state index contributed by atoms with van der Waals surface area (Å²) in [5.41, 5.74) is 0.815. The number of allylic oxidation sites excluding steroid dienone is 1. The SMILES string of the molecule is C=CC(CCCCC)CC(=O)c1ccccc1. The number of carbonyl (C=O) groups excluding carboxylic acids is 1. The quantitative estimate of drug-likeness (QED) is 0.361. The predicted molar refractivity (Wildman–Crippen MR) is 73.2 cm³/mol. The minimum atomic E-state index is 0.229. The highest BCUT2D eigenvalue weighted by atomic mass is 16.1. The van der Waals surface area contributed by atoms with Crippen LogP contribution in [0.5, 0.6) is 0 Å². The van der Waals surface area contributed by atoms with E-state index in [1.165, 1.54) is 19.3 Å². The van der Waals surface area contributed by atoms with Crippen molar-refractivity contribution in [3.63, 3.8) is 0 Å². The molecule has 92 valence electrons. The summed E-state index contributed by atoms with van der Waals surface area (Å²) in [7, 11) is 0. The van der Waals surface area contributed by atoms with Crippen LogP contribution in [0.3, 0.4) is 0 Å². The highest BCUT2D eigenvalue weighted by Crippen LogP contribution is 2.17. The topological polar surface area (TPSA) is 17.1 Å². The minimum Gasteiger partial charge on any atom is -0.294 e. The molecule has 0 spiro atoms. The van der Waals surface area contributed by atoms with E-state index in [-0.39, 0.29) is 5.78 Å². The first-order valence-corrected chi connectivity index (χ1v) is 6.48. The van der Waals surface area contributed by atoms with E-state index in [4.69, 9.17) is 0 Å². The Bertz CT molecular complexity index is 340. The van der Waals surface area contributed by atoms with Crippen molar-refractivity contribution >= 4 is 5.78 Å². The predicted octanol–water partition coefficient (Wildman–Crippen LogP) is 4.64. The summed E-state index contributed by atoms with van der Waals surface area (Å²) in [6.45, 7) is 6.03. The molecule has 0 saturated carbocycles. The lowest BCUT2D eigenvalue weighted by atomic mass is 9.93. The van der Waals surface area contributed by atoms with Crippen LogP contribution in [0.4, 0.5) is 0 Å². The van der Waals surface area contributed by atoms with E-state index < -0.39 is 0 Å². The summed E-state index contributed by atoms with van der Waals surface area (Å²) >= 11 is 0. The summed E-state index contributed by atoms with van der Waals surface area (Å²) < 4.78 is 0. The van der Waals surface area contributed by atoms with Gasteiger partial charge in [0.25, 0.3) is 0 Å². The van der Waals surface area contributed by atoms with Crippen molar-refractivity contribution in [3.05, 3.63) is 48.6 Å². The molecule has 1 nitrogen and oxygen atoms in total. The molecule has 0 saturated heterocycles. The maximum absolute atomic E-state index is 12.0. The van der Waals surface area contributed by atoms with Crippen LogP contribution in [0.1, 0.15) is 49.4 Å². The molecule has 1 aromatic rings. The number of hydrogen-bond donors (Lipinski definition) is 0. The van der Waals surface area contributed by atoms with Crippen molar-refractivity contribution in [2.45, 2.75) is 39.0 Å². The van der Waals surface area contributed by atoms with Crippen LogP contribution >= 0.6 is 0 Å². The normalized spacial score (nSPS) is 12.1. The number of carbonyl (C=O) groups is 1. The molecule has 1 unspecified atom stereocenters. The van der Waals surface area contributed by atoms with Crippen molar-refractivity contribution < 1.29 is 4.79 Å². The molecule has 0 heterocycles. The maximum Gasteiger partial charge on any atom is 0.163 e. The molecule has 0 aliphatic carbocycles. The summed E-state index contributed by atoms with van der Waals surface area (Å²) in [6.07, 6.45) is 7.25. The fourth-order valence-electron chi connectivity index (χ4n) is 1.94. The van der Waals surface area contributed by atoms with Gasteiger partial charge in [0.05, 0.1) is 0 Å². The van der Waals surface area contributed by atoms with Crippen LogP contribution in [0.25, 0.3) is 0 Å². The summed E-state index contributed by atoms with van der Waals surface area (Å²) in [4.78, 5) is 12.0. The second-order valence-corrected chi connectivity index (χ2v) is 4.48. The Labute approximate surface area is 105 Å². The summed E-state index contributed by atoms with van der Waals surface area (Å²) in [6, 6.07) is 9.52. The van der Waals surface area contributed by atoms with Crippen molar-refractivity contribution in [2.24, 2.45) is 5.92 Å². The highest BCUT2D eigenvalue weighted by molar-refractivity contribution is 5.96. The van der Waals surface area contributed by atoms with E-state index in [1.807, 2.05) is 36.4 Å². The van der Waals surface area contributed by atoms with Gasteiger partial charge in [-0.05, 0) is 12.3 Å². The molecule has 0 radical (unpaired) electrons. The molecule has 0 aliphatic heterocycles. The Kier molecular flexibility index (Phi) is 6.31. The van der Waals surface area contributed by atoms with E-state index in [0.717, 1.165) is 12.0 Å². The van der Waals surface area contributed by atoms with Gasteiger partial charge in [0.2, 0.25) is 0 Å². The van der Waals surface area contributed by atoms with Gasteiger partial charge >= 0.3 is 0 Å². The van der Waals surface area contributed by atoms with Gasteiger partial charge in [-0.1, -0.05) is 62.6 Å². The van der Waals surface area contributed by atoms with Crippen LogP contribution < -0.4 is 0 Å². The molecule has 0 aliphatic rings. The lowest BCUT2D eigenvalue weighted by molar-refractivity contribution is 0.0967. The maximum atomic E-state index is 12.0. The zero-order valence-electron chi connectivity index (χ0n) is 10.7. The van der Waals surface area contributed by atoms with Gasteiger partial charge in [-0.2, -0.15) is 0 Å². The largest absolute Gasteiger partial charge is 0.294 e. The highest BCUT2D eigenvalue weighted by Gasteiger charge is 2.11. The first-order chi connectivity index (χ1) is 8.27. The van der Waals surface area contributed by atoms with Crippen LogP contribution in [0.15, 0.2) is 43.0 Å². The smallest absolute Gasteiger partial charge is 0.163 e. The Morgan fingerprint density at radius 2 is 2.00 bits per heavy atom. The Morgan fingerprint density at radius 1 is 1.29 bits per heavy atom. The monoisotopic (exact) mass is 230 g/mol. The lowest BCUT2D eigenvalue weighted by Crippen LogP contribution is -2.07. The van der Waals surface area contributed by atoms with E-state index in [1.54, 1.807) is 0 Å². The fraction of sp³-hybridized carbons (Fsp3) is 0.438. The number of hydrogen-bond acceptors (Lipinski definition) is 1. The molecule has 0 bridgehead atoms. The third-order valence-electron chi connectivity index (χ3n) is 3.06. The first-order valence-electron chi connectivity index (χ1n) is 6.48. The number of ketones is 1. The van der Waals surface area contributed by atoms with Crippen molar-refractivity contribution in [1.29, 1.82) is 0 Å². The average Bonchev–Trinajstić information content (AvgIpc) is 2.38. The van der Waals surface area contributed by atoms with Gasteiger partial charge in [0.1, 0.15) is 0 Å². The van der Waals surface area contributed by atoms with Crippen molar-refractivity contribution in [3.8, 4) is 0 Å². The van der Waals surface area contributed by atoms with E-state index in [9.17, 15) is 4.79 Å². The Morgan fingerprint density at radius 3 is 2.59 bits per heavy atom. The van der Waals surface area contributed by atoms with Crippen molar-refractivity contribution in [1.82, 2.24) is 0 Å². The molecular weight excluding hydrogens is 208 g/mol. The number of rotatable bonds is 8. The van der Waals surface area contributed by atoms with Crippen LogP contribution in [0, 0.1) is 5.92 Å². The second kappa shape index (κ2) is 7.83. The molecule has 1 aromatic carbocycles. The van der Waals surface area contributed by atoms with Crippen LogP contribution in [-0.2, 0) is 0 Å². The minimum absolute atomic E-state index is 0.229. The first kappa shape index (κ1) is 13.7. The Hall–Kier alpha value is -1.37. The molecule has 1 rings (SSSR count). The number of unbranched alkanes of at least 4 members (excludes halogenated alkanes) is 2. The van der Waals surface area contributed by atoms with E-state index >= 15 is 0 Å². The standard InChI is InChI=1S/C16H22O/c1-3-5-7-10-14(4-2)13-16(17)15-11-8-6-9-12-15/h4,6,8-9,11-12,14H,2-3,5,7,10,13H2,1H3. The van der Waals surface area contributed by atoms with Gasteiger partial charge in [0, 0.05) is 12.0 Å². The summed E-state index contributed by atoms with van der Waals surface area (Å²) in [5, 5.41) is 0. The third-order valence-corrected chi connectivity index (χ3v) is 3.06. The molecule has 1 heteroatoms. The van der Waals surface area contributed by atoms with Crippen molar-refractivity contribution in [2.75, 3.05) is 0 Å². The van der Waals surface area contributed by atoms with Gasteiger partial charge in [-0.25, -0.2) is 0 Å². The Balaban J connectivity index is 2.45. The average molecular weight is 230 g/mol. The van der Waals surface area contributed by atoms with Gasteiger partial charge in [-0.15, -0.1) is 6.58 Å². The molecule has 0 N–H and O–H groups in total. The third kappa shape index (κ3) is 4.99. The van der Waals surface area contributed by atoms with E-state index in [2.05, 4.69) is 13.5 Å². The van der Waals surface area contributed by atoms with Gasteiger partial charge in [0.15, 0.2) is 5.78 Å². The number of Topliss-reactive ketones (excluding diaryl/α,β-unsaturated/α-hetero) is 1. The molecule has 1 atom stereocenters. The van der Waals surface area contributed by atoms with Crippen LogP contribution in [0.2, 0.25) is 0 Å². The molecule has 17 heavy (non-hydrogen) atoms. The van der Waals surface area contributed by atoms with Gasteiger partial charge < -0.3 is 0 Å². The molecule has 0 aromatic heterocycles. The van der Waals surface area contributed by atoms with E-state index in [0.29, 0.717) is 12.3 Å². The zero-order chi connectivity index (χ0) is 12.5. The lowest BCUT2D eigenvalue weighted by Gasteiger charge is -2.11. The second-order valence-electron chi connectivity index (χ2n) is 4.48.